The number of aromatic nitrogens is 1. The van der Waals surface area contributed by atoms with E-state index in [1.165, 1.54) is 5.56 Å². The van der Waals surface area contributed by atoms with Gasteiger partial charge in [-0.05, 0) is 67.5 Å². The summed E-state index contributed by atoms with van der Waals surface area (Å²) in [6.07, 6.45) is 0.892. The van der Waals surface area contributed by atoms with Crippen LogP contribution in [-0.4, -0.2) is 16.6 Å². The molecule has 0 bridgehead atoms. The first kappa shape index (κ1) is 22.0. The Hall–Kier alpha value is -2.73. The van der Waals surface area contributed by atoms with Gasteiger partial charge in [-0.3, -0.25) is 10.2 Å². The molecule has 0 aliphatic rings. The van der Waals surface area contributed by atoms with Crippen molar-refractivity contribution in [1.82, 2.24) is 4.98 Å². The maximum atomic E-state index is 12.9. The molecule has 0 aliphatic carbocycles. The van der Waals surface area contributed by atoms with E-state index in [0.29, 0.717) is 5.56 Å². The molecule has 1 aromatic heterocycles. The normalized spacial score (nSPS) is 12.3. The summed E-state index contributed by atoms with van der Waals surface area (Å²) in [5.74, 6) is -0.105. The van der Waals surface area contributed by atoms with E-state index in [2.05, 4.69) is 48.5 Å². The number of anilines is 2. The number of rotatable bonds is 5. The summed E-state index contributed by atoms with van der Waals surface area (Å²) in [4.78, 5) is 17.5. The second-order valence-corrected chi connectivity index (χ2v) is 9.65. The second kappa shape index (κ2) is 8.56. The number of carbonyl (C=O) groups excluding carboxylic acids is 1. The van der Waals surface area contributed by atoms with Crippen molar-refractivity contribution in [3.8, 4) is 0 Å². The average Bonchev–Trinajstić information content (AvgIpc) is 3.11. The maximum absolute atomic E-state index is 12.9. The molecule has 0 fully saturated rings. The van der Waals surface area contributed by atoms with Crippen molar-refractivity contribution in [2.75, 3.05) is 10.7 Å². The molecular formula is C24H30N4OS. The number of thiazole rings is 1. The zero-order valence-corrected chi connectivity index (χ0v) is 19.6. The molecule has 30 heavy (non-hydrogen) atoms. The van der Waals surface area contributed by atoms with E-state index in [1.807, 2.05) is 51.1 Å². The number of hydrazone groups is 1. The molecule has 3 aromatic rings. The molecule has 0 saturated heterocycles. The topological polar surface area (TPSA) is 66.4 Å². The van der Waals surface area contributed by atoms with Gasteiger partial charge in [0.25, 0.3) is 5.91 Å². The lowest BCUT2D eigenvalue weighted by Crippen LogP contribution is -2.15. The van der Waals surface area contributed by atoms with Crippen molar-refractivity contribution in [3.05, 3.63) is 52.6 Å². The van der Waals surface area contributed by atoms with Gasteiger partial charge >= 0.3 is 0 Å². The highest BCUT2D eigenvalue weighted by atomic mass is 32.1. The van der Waals surface area contributed by atoms with Crippen molar-refractivity contribution < 1.29 is 4.79 Å². The van der Waals surface area contributed by atoms with Crippen LogP contribution in [0.15, 0.2) is 35.4 Å². The molecule has 0 unspecified atom stereocenters. The molecular weight excluding hydrogens is 392 g/mol. The summed E-state index contributed by atoms with van der Waals surface area (Å²) in [5, 5.41) is 8.20. The first-order chi connectivity index (χ1) is 14.1. The van der Waals surface area contributed by atoms with Gasteiger partial charge < -0.3 is 5.32 Å². The van der Waals surface area contributed by atoms with Gasteiger partial charge in [-0.15, -0.1) is 0 Å². The van der Waals surface area contributed by atoms with Gasteiger partial charge in [-0.25, -0.2) is 4.98 Å². The van der Waals surface area contributed by atoms with Crippen LogP contribution in [0.2, 0.25) is 0 Å². The predicted molar refractivity (Wildman–Crippen MR) is 129 cm³/mol. The van der Waals surface area contributed by atoms with Crippen molar-refractivity contribution in [2.24, 2.45) is 5.10 Å². The number of fused-ring (bicyclic) bond motifs is 1. The quantitative estimate of drug-likeness (QED) is 0.357. The maximum Gasteiger partial charge on any atom is 0.255 e. The lowest BCUT2D eigenvalue weighted by Gasteiger charge is -2.19. The van der Waals surface area contributed by atoms with Crippen molar-refractivity contribution in [3.63, 3.8) is 0 Å². The van der Waals surface area contributed by atoms with Gasteiger partial charge in [0.2, 0.25) is 5.13 Å². The van der Waals surface area contributed by atoms with E-state index in [4.69, 9.17) is 0 Å². The lowest BCUT2D eigenvalue weighted by molar-refractivity contribution is 0.102. The fourth-order valence-electron chi connectivity index (χ4n) is 3.15. The Balaban J connectivity index is 1.87. The van der Waals surface area contributed by atoms with Gasteiger partial charge in [0.15, 0.2) is 0 Å². The molecule has 158 valence electrons. The number of nitrogens with zero attached hydrogens (tertiary/aromatic N) is 2. The zero-order chi connectivity index (χ0) is 22.1. The molecule has 0 aliphatic heterocycles. The minimum Gasteiger partial charge on any atom is -0.321 e. The van der Waals surface area contributed by atoms with Gasteiger partial charge in [-0.2, -0.15) is 5.10 Å². The molecule has 6 heteroatoms. The monoisotopic (exact) mass is 422 g/mol. The van der Waals surface area contributed by atoms with Crippen LogP contribution in [0.4, 0.5) is 10.8 Å². The Morgan fingerprint density at radius 1 is 1.17 bits per heavy atom. The highest BCUT2D eigenvalue weighted by molar-refractivity contribution is 7.22. The van der Waals surface area contributed by atoms with E-state index >= 15 is 0 Å². The van der Waals surface area contributed by atoms with E-state index in [9.17, 15) is 4.79 Å². The fraction of sp³-hybridized carbons (Fsp3) is 0.375. The lowest BCUT2D eigenvalue weighted by atomic mass is 9.86. The SMILES string of the molecule is CC/C(C)=N\Nc1nc2cc(C)c(NC(=O)c3ccc(C(C)(C)C)cc3)c(C)c2s1. The summed E-state index contributed by atoms with van der Waals surface area (Å²) in [5.41, 5.74) is 9.75. The van der Waals surface area contributed by atoms with Gasteiger partial charge in [-0.1, -0.05) is 51.2 Å². The summed E-state index contributed by atoms with van der Waals surface area (Å²) >= 11 is 1.55. The highest BCUT2D eigenvalue weighted by Crippen LogP contribution is 2.35. The largest absolute Gasteiger partial charge is 0.321 e. The number of hydrogen-bond donors (Lipinski definition) is 2. The van der Waals surface area contributed by atoms with E-state index in [1.54, 1.807) is 11.3 Å². The number of amides is 1. The van der Waals surface area contributed by atoms with Crippen molar-refractivity contribution in [1.29, 1.82) is 0 Å². The highest BCUT2D eigenvalue weighted by Gasteiger charge is 2.17. The van der Waals surface area contributed by atoms with Crippen LogP contribution in [0, 0.1) is 13.8 Å². The molecule has 1 amide bonds. The van der Waals surface area contributed by atoms with Crippen LogP contribution < -0.4 is 10.7 Å². The first-order valence-electron chi connectivity index (χ1n) is 10.2. The molecule has 5 nitrogen and oxygen atoms in total. The van der Waals surface area contributed by atoms with E-state index < -0.39 is 0 Å². The van der Waals surface area contributed by atoms with Crippen LogP contribution in [0.25, 0.3) is 10.2 Å². The van der Waals surface area contributed by atoms with Gasteiger partial charge in [0, 0.05) is 17.0 Å². The first-order valence-corrected chi connectivity index (χ1v) is 11.0. The molecule has 0 spiro atoms. The Bertz CT molecular complexity index is 1100. The predicted octanol–water partition coefficient (Wildman–Crippen LogP) is 6.66. The molecule has 0 saturated carbocycles. The van der Waals surface area contributed by atoms with Crippen LogP contribution in [-0.2, 0) is 5.41 Å². The number of carbonyl (C=O) groups is 1. The van der Waals surface area contributed by atoms with Gasteiger partial charge in [0.1, 0.15) is 0 Å². The number of nitrogens with one attached hydrogen (secondary N) is 2. The Morgan fingerprint density at radius 3 is 2.43 bits per heavy atom. The van der Waals surface area contributed by atoms with Crippen LogP contribution in [0.1, 0.15) is 68.1 Å². The molecule has 0 atom stereocenters. The molecule has 2 aromatic carbocycles. The third-order valence-electron chi connectivity index (χ3n) is 5.22. The molecule has 3 rings (SSSR count). The summed E-state index contributed by atoms with van der Waals surface area (Å²) < 4.78 is 1.05. The standard InChI is InChI=1S/C24H30N4OS/c1-8-15(3)27-28-23-25-19-13-14(2)20(16(4)21(19)30-23)26-22(29)17-9-11-18(12-10-17)24(5,6)7/h9-13H,8H2,1-7H3,(H,25,28)(H,26,29)/b27-15-. The number of aryl methyl sites for hydroxylation is 2. The Morgan fingerprint density at radius 2 is 1.83 bits per heavy atom. The van der Waals surface area contributed by atoms with Crippen molar-refractivity contribution >= 4 is 44.0 Å². The number of benzene rings is 2. The summed E-state index contributed by atoms with van der Waals surface area (Å²) in [7, 11) is 0. The van der Waals surface area contributed by atoms with E-state index in [-0.39, 0.29) is 11.3 Å². The number of hydrogen-bond acceptors (Lipinski definition) is 5. The van der Waals surface area contributed by atoms with E-state index in [0.717, 1.165) is 44.3 Å². The fourth-order valence-corrected chi connectivity index (χ4v) is 4.05. The van der Waals surface area contributed by atoms with Gasteiger partial charge in [0.05, 0.1) is 10.2 Å². The third kappa shape index (κ3) is 4.70. The molecule has 1 heterocycles. The summed E-state index contributed by atoms with van der Waals surface area (Å²) in [6, 6.07) is 9.85. The minimum absolute atomic E-state index is 0.0604. The van der Waals surface area contributed by atoms with Crippen LogP contribution in [0.5, 0.6) is 0 Å². The zero-order valence-electron chi connectivity index (χ0n) is 18.8. The Kier molecular flexibility index (Phi) is 6.27. The smallest absolute Gasteiger partial charge is 0.255 e. The second-order valence-electron chi connectivity index (χ2n) is 8.65. The van der Waals surface area contributed by atoms with Crippen molar-refractivity contribution in [2.45, 2.75) is 60.3 Å². The molecule has 0 radical (unpaired) electrons. The molecule has 2 N–H and O–H groups in total. The Labute approximate surface area is 182 Å². The average molecular weight is 423 g/mol. The van der Waals surface area contributed by atoms with Crippen LogP contribution in [0.3, 0.4) is 0 Å². The third-order valence-corrected chi connectivity index (χ3v) is 6.32. The summed E-state index contributed by atoms with van der Waals surface area (Å²) in [6.45, 7) is 14.6. The van der Waals surface area contributed by atoms with Crippen LogP contribution >= 0.6 is 11.3 Å². The minimum atomic E-state index is -0.105.